The number of hydrogen-bond donors (Lipinski definition) is 0. The molecule has 128 valence electrons. The summed E-state index contributed by atoms with van der Waals surface area (Å²) >= 11 is 3.15. The van der Waals surface area contributed by atoms with Crippen molar-refractivity contribution in [2.45, 2.75) is 28.7 Å². The van der Waals surface area contributed by atoms with Crippen LogP contribution in [0.1, 0.15) is 44.3 Å². The van der Waals surface area contributed by atoms with Crippen LogP contribution in [-0.4, -0.2) is 5.78 Å². The number of fused-ring (bicyclic) bond motifs is 1. The second kappa shape index (κ2) is 7.49. The van der Waals surface area contributed by atoms with E-state index in [4.69, 9.17) is 0 Å². The lowest BCUT2D eigenvalue weighted by Crippen LogP contribution is -2.18. The van der Waals surface area contributed by atoms with Crippen molar-refractivity contribution in [3.8, 4) is 6.07 Å². The number of thioether (sulfide) groups is 1. The summed E-state index contributed by atoms with van der Waals surface area (Å²) in [6.45, 7) is 0. The lowest BCUT2D eigenvalue weighted by atomic mass is 9.80. The fourth-order valence-corrected chi connectivity index (χ4v) is 5.85. The normalized spacial score (nSPS) is 16.1. The molecule has 0 saturated carbocycles. The van der Waals surface area contributed by atoms with Crippen LogP contribution in [0, 0.1) is 11.3 Å². The van der Waals surface area contributed by atoms with E-state index in [1.165, 1.54) is 22.5 Å². The fourth-order valence-electron chi connectivity index (χ4n) is 3.44. The van der Waals surface area contributed by atoms with E-state index >= 15 is 0 Å². The molecule has 1 atom stereocenters. The van der Waals surface area contributed by atoms with Gasteiger partial charge in [-0.3, -0.25) is 4.79 Å². The fraction of sp³-hybridized carbons (Fsp3) is 0.182. The van der Waals surface area contributed by atoms with Crippen molar-refractivity contribution in [2.24, 2.45) is 0 Å². The monoisotopic (exact) mass is 375 g/mol. The van der Waals surface area contributed by atoms with Crippen molar-refractivity contribution in [1.29, 1.82) is 5.26 Å². The Kier molecular flexibility index (Phi) is 4.92. The van der Waals surface area contributed by atoms with E-state index in [0.717, 1.165) is 27.5 Å². The predicted octanol–water partition coefficient (Wildman–Crippen LogP) is 5.82. The Morgan fingerprint density at radius 1 is 1.04 bits per heavy atom. The van der Waals surface area contributed by atoms with Gasteiger partial charge in [-0.1, -0.05) is 60.7 Å². The SMILES string of the molecule is N#Cc1sc(SCc2ccccc2)c2c1C[C@H](c1ccccc1)CC2=O. The zero-order valence-electron chi connectivity index (χ0n) is 14.1. The highest BCUT2D eigenvalue weighted by Gasteiger charge is 2.32. The Balaban J connectivity index is 1.63. The van der Waals surface area contributed by atoms with Crippen LogP contribution in [0.4, 0.5) is 0 Å². The third kappa shape index (κ3) is 3.33. The van der Waals surface area contributed by atoms with Crippen molar-refractivity contribution >= 4 is 28.9 Å². The first-order valence-electron chi connectivity index (χ1n) is 8.57. The van der Waals surface area contributed by atoms with Gasteiger partial charge in [-0.15, -0.1) is 23.1 Å². The molecule has 26 heavy (non-hydrogen) atoms. The van der Waals surface area contributed by atoms with Gasteiger partial charge in [0.25, 0.3) is 0 Å². The Labute approximate surface area is 161 Å². The van der Waals surface area contributed by atoms with E-state index in [1.54, 1.807) is 11.8 Å². The molecule has 4 rings (SSSR count). The Morgan fingerprint density at radius 3 is 2.42 bits per heavy atom. The van der Waals surface area contributed by atoms with Gasteiger partial charge in [-0.2, -0.15) is 5.26 Å². The number of hydrogen-bond acceptors (Lipinski definition) is 4. The average molecular weight is 376 g/mol. The molecule has 1 aliphatic rings. The maximum atomic E-state index is 12.9. The number of rotatable bonds is 4. The molecule has 0 spiro atoms. The quantitative estimate of drug-likeness (QED) is 0.539. The van der Waals surface area contributed by atoms with E-state index in [0.29, 0.717) is 11.3 Å². The number of nitrogens with zero attached hydrogens (tertiary/aromatic N) is 1. The Hall–Kier alpha value is -2.35. The average Bonchev–Trinajstić information content (AvgIpc) is 3.06. The van der Waals surface area contributed by atoms with Crippen LogP contribution in [0.2, 0.25) is 0 Å². The molecule has 2 aromatic carbocycles. The summed E-state index contributed by atoms with van der Waals surface area (Å²) in [6.07, 6.45) is 1.30. The molecule has 3 aromatic rings. The van der Waals surface area contributed by atoms with E-state index in [1.807, 2.05) is 36.4 Å². The van der Waals surface area contributed by atoms with Gasteiger partial charge < -0.3 is 0 Å². The number of thiophene rings is 1. The standard InChI is InChI=1S/C22H17NOS2/c23-13-20-18-11-17(16-9-5-2-6-10-16)12-19(24)21(18)22(26-20)25-14-15-7-3-1-4-8-15/h1-10,17H,11-12,14H2/t17-/m0/s1. The van der Waals surface area contributed by atoms with Gasteiger partial charge in [0.15, 0.2) is 5.78 Å². The van der Waals surface area contributed by atoms with Gasteiger partial charge in [-0.05, 0) is 29.0 Å². The van der Waals surface area contributed by atoms with Crippen molar-refractivity contribution in [3.05, 3.63) is 87.8 Å². The third-order valence-electron chi connectivity index (χ3n) is 4.72. The third-order valence-corrected chi connectivity index (χ3v) is 7.20. The molecular formula is C22H17NOS2. The zero-order valence-corrected chi connectivity index (χ0v) is 15.8. The molecule has 0 aliphatic heterocycles. The lowest BCUT2D eigenvalue weighted by Gasteiger charge is -2.22. The topological polar surface area (TPSA) is 40.9 Å². The molecule has 0 saturated heterocycles. The zero-order chi connectivity index (χ0) is 17.9. The number of benzene rings is 2. The van der Waals surface area contributed by atoms with Crippen LogP contribution in [0.3, 0.4) is 0 Å². The summed E-state index contributed by atoms with van der Waals surface area (Å²) in [5.41, 5.74) is 4.17. The van der Waals surface area contributed by atoms with Gasteiger partial charge in [-0.25, -0.2) is 0 Å². The molecule has 0 amide bonds. The Bertz CT molecular complexity index is 971. The van der Waals surface area contributed by atoms with Crippen LogP contribution < -0.4 is 0 Å². The highest BCUT2D eigenvalue weighted by molar-refractivity contribution is 8.00. The van der Waals surface area contributed by atoms with Crippen molar-refractivity contribution in [2.75, 3.05) is 0 Å². The molecular weight excluding hydrogens is 358 g/mol. The van der Waals surface area contributed by atoms with Gasteiger partial charge in [0, 0.05) is 17.7 Å². The van der Waals surface area contributed by atoms with E-state index < -0.39 is 0 Å². The second-order valence-corrected chi connectivity index (χ2v) is 8.66. The number of Topliss-reactive ketones (excluding diaryl/α,β-unsaturated/α-hetero) is 1. The van der Waals surface area contributed by atoms with E-state index in [-0.39, 0.29) is 11.7 Å². The number of nitriles is 1. The highest BCUT2D eigenvalue weighted by Crippen LogP contribution is 2.44. The van der Waals surface area contributed by atoms with Crippen LogP contribution in [0.25, 0.3) is 0 Å². The van der Waals surface area contributed by atoms with E-state index in [2.05, 4.69) is 30.3 Å². The first-order chi connectivity index (χ1) is 12.8. The summed E-state index contributed by atoms with van der Waals surface area (Å²) in [6, 6.07) is 22.7. The molecule has 1 aromatic heterocycles. The van der Waals surface area contributed by atoms with E-state index in [9.17, 15) is 10.1 Å². The molecule has 0 fully saturated rings. The summed E-state index contributed by atoms with van der Waals surface area (Å²) in [5.74, 6) is 1.16. The van der Waals surface area contributed by atoms with Crippen LogP contribution in [0.15, 0.2) is 64.9 Å². The number of ketones is 1. The summed E-state index contributed by atoms with van der Waals surface area (Å²) in [7, 11) is 0. The van der Waals surface area contributed by atoms with Gasteiger partial charge in [0.2, 0.25) is 0 Å². The molecule has 4 heteroatoms. The van der Waals surface area contributed by atoms with Crippen molar-refractivity contribution in [3.63, 3.8) is 0 Å². The molecule has 1 heterocycles. The smallest absolute Gasteiger partial charge is 0.165 e. The maximum Gasteiger partial charge on any atom is 0.165 e. The first-order valence-corrected chi connectivity index (χ1v) is 10.4. The van der Waals surface area contributed by atoms with Crippen LogP contribution in [-0.2, 0) is 12.2 Å². The Morgan fingerprint density at radius 2 is 1.73 bits per heavy atom. The maximum absolute atomic E-state index is 12.9. The molecule has 0 N–H and O–H groups in total. The molecule has 2 nitrogen and oxygen atoms in total. The summed E-state index contributed by atoms with van der Waals surface area (Å²) in [5, 5.41) is 9.58. The summed E-state index contributed by atoms with van der Waals surface area (Å²) in [4.78, 5) is 13.6. The second-order valence-electron chi connectivity index (χ2n) is 6.40. The molecule has 1 aliphatic carbocycles. The molecule has 0 bridgehead atoms. The number of carbonyl (C=O) groups excluding carboxylic acids is 1. The minimum absolute atomic E-state index is 0.171. The van der Waals surface area contributed by atoms with Gasteiger partial charge in [0.1, 0.15) is 10.9 Å². The first kappa shape index (κ1) is 17.1. The molecule has 0 radical (unpaired) electrons. The van der Waals surface area contributed by atoms with Crippen LogP contribution >= 0.6 is 23.1 Å². The molecule has 0 unspecified atom stereocenters. The van der Waals surface area contributed by atoms with Gasteiger partial charge >= 0.3 is 0 Å². The largest absolute Gasteiger partial charge is 0.294 e. The highest BCUT2D eigenvalue weighted by atomic mass is 32.2. The van der Waals surface area contributed by atoms with Crippen molar-refractivity contribution < 1.29 is 4.79 Å². The van der Waals surface area contributed by atoms with Crippen LogP contribution in [0.5, 0.6) is 0 Å². The predicted molar refractivity (Wildman–Crippen MR) is 107 cm³/mol. The minimum Gasteiger partial charge on any atom is -0.294 e. The summed E-state index contributed by atoms with van der Waals surface area (Å²) < 4.78 is 0.997. The minimum atomic E-state index is 0.171. The van der Waals surface area contributed by atoms with Gasteiger partial charge in [0.05, 0.1) is 4.21 Å². The lowest BCUT2D eigenvalue weighted by molar-refractivity contribution is 0.0962. The van der Waals surface area contributed by atoms with Crippen molar-refractivity contribution in [1.82, 2.24) is 0 Å². The number of carbonyl (C=O) groups is 1.